The summed E-state index contributed by atoms with van der Waals surface area (Å²) in [5, 5.41) is 3.23. The molecule has 21 heavy (non-hydrogen) atoms. The zero-order valence-corrected chi connectivity index (χ0v) is 11.8. The van der Waals surface area contributed by atoms with E-state index in [1.165, 1.54) is 7.05 Å². The summed E-state index contributed by atoms with van der Waals surface area (Å²) in [6.07, 6.45) is 0. The summed E-state index contributed by atoms with van der Waals surface area (Å²) in [7, 11) is 1.49. The minimum atomic E-state index is -0.275. The highest BCUT2D eigenvalue weighted by molar-refractivity contribution is 6.21. The monoisotopic (exact) mass is 281 g/mol. The molecule has 1 heterocycles. The number of benzene rings is 2. The van der Waals surface area contributed by atoms with Crippen LogP contribution in [-0.2, 0) is 0 Å². The van der Waals surface area contributed by atoms with Crippen LogP contribution in [0.25, 0.3) is 0 Å². The molecule has 0 fully saturated rings. The molecule has 3 rings (SSSR count). The molecular weight excluding hydrogens is 266 g/mol. The molecular formula is C16H15N3O2. The van der Waals surface area contributed by atoms with Gasteiger partial charge in [0.2, 0.25) is 0 Å². The first kappa shape index (κ1) is 13.2. The van der Waals surface area contributed by atoms with E-state index < -0.39 is 0 Å². The van der Waals surface area contributed by atoms with Gasteiger partial charge in [-0.3, -0.25) is 14.5 Å². The summed E-state index contributed by atoms with van der Waals surface area (Å²) < 4.78 is 0. The standard InChI is InChI=1S/C16H15N3O2/c1-9-3-4-10(17)7-14(9)18-11-5-6-12-13(8-11)16(21)19(2)15(12)20/h3-8,18H,17H2,1-2H3. The molecule has 5 nitrogen and oxygen atoms in total. The maximum absolute atomic E-state index is 12.0. The number of anilines is 3. The van der Waals surface area contributed by atoms with E-state index in [9.17, 15) is 9.59 Å². The summed E-state index contributed by atoms with van der Waals surface area (Å²) >= 11 is 0. The van der Waals surface area contributed by atoms with Crippen LogP contribution in [0, 0.1) is 6.92 Å². The van der Waals surface area contributed by atoms with Gasteiger partial charge in [-0.25, -0.2) is 0 Å². The molecule has 5 heteroatoms. The first-order chi connectivity index (χ1) is 9.97. The first-order valence-corrected chi connectivity index (χ1v) is 6.57. The van der Waals surface area contributed by atoms with Crippen LogP contribution in [0.1, 0.15) is 26.3 Å². The zero-order valence-electron chi connectivity index (χ0n) is 11.8. The lowest BCUT2D eigenvalue weighted by atomic mass is 10.1. The lowest BCUT2D eigenvalue weighted by Crippen LogP contribution is -2.24. The molecule has 2 amide bonds. The van der Waals surface area contributed by atoms with Crippen LogP contribution < -0.4 is 11.1 Å². The van der Waals surface area contributed by atoms with Gasteiger partial charge in [-0.05, 0) is 42.8 Å². The smallest absolute Gasteiger partial charge is 0.261 e. The van der Waals surface area contributed by atoms with E-state index in [0.29, 0.717) is 16.8 Å². The molecule has 0 atom stereocenters. The Morgan fingerprint density at radius 3 is 2.48 bits per heavy atom. The van der Waals surface area contributed by atoms with Gasteiger partial charge in [-0.2, -0.15) is 0 Å². The third-order valence-electron chi connectivity index (χ3n) is 3.63. The number of hydrogen-bond donors (Lipinski definition) is 2. The van der Waals surface area contributed by atoms with Gasteiger partial charge in [0.1, 0.15) is 0 Å². The van der Waals surface area contributed by atoms with Gasteiger partial charge >= 0.3 is 0 Å². The quantitative estimate of drug-likeness (QED) is 0.655. The number of nitrogen functional groups attached to an aromatic ring is 1. The average Bonchev–Trinajstić information content (AvgIpc) is 2.68. The Bertz CT molecular complexity index is 768. The summed E-state index contributed by atoms with van der Waals surface area (Å²) in [5.74, 6) is -0.537. The second kappa shape index (κ2) is 4.63. The predicted octanol–water partition coefficient (Wildman–Crippen LogP) is 2.55. The van der Waals surface area contributed by atoms with Crippen molar-refractivity contribution in [2.24, 2.45) is 0 Å². The summed E-state index contributed by atoms with van der Waals surface area (Å²) in [5.41, 5.74) is 9.98. The van der Waals surface area contributed by atoms with E-state index in [-0.39, 0.29) is 11.8 Å². The fourth-order valence-corrected chi connectivity index (χ4v) is 2.37. The van der Waals surface area contributed by atoms with E-state index in [2.05, 4.69) is 5.32 Å². The van der Waals surface area contributed by atoms with Gasteiger partial charge in [0.25, 0.3) is 11.8 Å². The third-order valence-corrected chi connectivity index (χ3v) is 3.63. The molecule has 0 saturated heterocycles. The van der Waals surface area contributed by atoms with Crippen molar-refractivity contribution in [2.75, 3.05) is 18.1 Å². The van der Waals surface area contributed by atoms with Crippen LogP contribution in [-0.4, -0.2) is 23.8 Å². The molecule has 0 aromatic heterocycles. The van der Waals surface area contributed by atoms with E-state index in [1.807, 2.05) is 25.1 Å². The molecule has 0 radical (unpaired) electrons. The molecule has 0 aliphatic carbocycles. The lowest BCUT2D eigenvalue weighted by Gasteiger charge is -2.11. The van der Waals surface area contributed by atoms with E-state index in [4.69, 9.17) is 5.73 Å². The van der Waals surface area contributed by atoms with Gasteiger partial charge in [0, 0.05) is 24.1 Å². The normalized spacial score (nSPS) is 13.5. The second-order valence-corrected chi connectivity index (χ2v) is 5.13. The highest BCUT2D eigenvalue weighted by Crippen LogP contribution is 2.28. The van der Waals surface area contributed by atoms with Crippen molar-refractivity contribution >= 4 is 28.9 Å². The van der Waals surface area contributed by atoms with Crippen molar-refractivity contribution in [3.8, 4) is 0 Å². The fraction of sp³-hybridized carbons (Fsp3) is 0.125. The number of fused-ring (bicyclic) bond motifs is 1. The Morgan fingerprint density at radius 1 is 1.00 bits per heavy atom. The maximum Gasteiger partial charge on any atom is 0.261 e. The molecule has 0 saturated carbocycles. The Morgan fingerprint density at radius 2 is 1.71 bits per heavy atom. The number of nitrogens with one attached hydrogen (secondary N) is 1. The average molecular weight is 281 g/mol. The summed E-state index contributed by atoms with van der Waals surface area (Å²) in [4.78, 5) is 25.0. The van der Waals surface area contributed by atoms with Crippen LogP contribution >= 0.6 is 0 Å². The largest absolute Gasteiger partial charge is 0.399 e. The number of imide groups is 1. The Hall–Kier alpha value is -2.82. The van der Waals surface area contributed by atoms with Crippen LogP contribution in [0.5, 0.6) is 0 Å². The molecule has 106 valence electrons. The molecule has 2 aromatic rings. The minimum absolute atomic E-state index is 0.262. The second-order valence-electron chi connectivity index (χ2n) is 5.13. The number of rotatable bonds is 2. The number of carbonyl (C=O) groups excluding carboxylic acids is 2. The predicted molar refractivity (Wildman–Crippen MR) is 81.7 cm³/mol. The van der Waals surface area contributed by atoms with Crippen LogP contribution in [0.4, 0.5) is 17.1 Å². The maximum atomic E-state index is 12.0. The Kier molecular flexibility index (Phi) is 2.90. The molecule has 0 spiro atoms. The number of hydrogen-bond acceptors (Lipinski definition) is 4. The van der Waals surface area contributed by atoms with Gasteiger partial charge in [-0.15, -0.1) is 0 Å². The van der Waals surface area contributed by atoms with Gasteiger partial charge in [-0.1, -0.05) is 6.07 Å². The van der Waals surface area contributed by atoms with Crippen LogP contribution in [0.2, 0.25) is 0 Å². The van der Waals surface area contributed by atoms with Crippen molar-refractivity contribution in [3.63, 3.8) is 0 Å². The number of nitrogens with two attached hydrogens (primary N) is 1. The van der Waals surface area contributed by atoms with Crippen LogP contribution in [0.15, 0.2) is 36.4 Å². The number of amides is 2. The summed E-state index contributed by atoms with van der Waals surface area (Å²) in [6.45, 7) is 1.97. The SMILES string of the molecule is Cc1ccc(N)cc1Nc1ccc2c(c1)C(=O)N(C)C2=O. The highest BCUT2D eigenvalue weighted by atomic mass is 16.2. The molecule has 0 unspecified atom stereocenters. The number of aryl methyl sites for hydroxylation is 1. The molecule has 3 N–H and O–H groups in total. The minimum Gasteiger partial charge on any atom is -0.399 e. The molecule has 0 bridgehead atoms. The fourth-order valence-electron chi connectivity index (χ4n) is 2.37. The van der Waals surface area contributed by atoms with E-state index >= 15 is 0 Å². The Balaban J connectivity index is 1.97. The number of carbonyl (C=O) groups is 2. The van der Waals surface area contributed by atoms with Gasteiger partial charge < -0.3 is 11.1 Å². The van der Waals surface area contributed by atoms with E-state index in [0.717, 1.165) is 21.8 Å². The highest BCUT2D eigenvalue weighted by Gasteiger charge is 2.32. The Labute approximate surface area is 122 Å². The van der Waals surface area contributed by atoms with Crippen LogP contribution in [0.3, 0.4) is 0 Å². The third kappa shape index (κ3) is 2.12. The molecule has 1 aliphatic rings. The summed E-state index contributed by atoms with van der Waals surface area (Å²) in [6, 6.07) is 10.7. The van der Waals surface area contributed by atoms with Crippen molar-refractivity contribution < 1.29 is 9.59 Å². The van der Waals surface area contributed by atoms with Crippen molar-refractivity contribution in [3.05, 3.63) is 53.1 Å². The van der Waals surface area contributed by atoms with Gasteiger partial charge in [0.05, 0.1) is 11.1 Å². The molecule has 2 aromatic carbocycles. The van der Waals surface area contributed by atoms with Crippen molar-refractivity contribution in [1.29, 1.82) is 0 Å². The van der Waals surface area contributed by atoms with Crippen molar-refractivity contribution in [2.45, 2.75) is 6.92 Å². The lowest BCUT2D eigenvalue weighted by molar-refractivity contribution is 0.0693. The van der Waals surface area contributed by atoms with Crippen molar-refractivity contribution in [1.82, 2.24) is 4.90 Å². The molecule has 1 aliphatic heterocycles. The van der Waals surface area contributed by atoms with E-state index in [1.54, 1.807) is 18.2 Å². The zero-order chi connectivity index (χ0) is 15.1. The first-order valence-electron chi connectivity index (χ1n) is 6.57. The topological polar surface area (TPSA) is 75.4 Å². The number of nitrogens with zero attached hydrogens (tertiary/aromatic N) is 1. The van der Waals surface area contributed by atoms with Gasteiger partial charge in [0.15, 0.2) is 0 Å².